The SMILES string of the molecule is CC(=O)Nc1ccccc1C(=O)C=O. The number of para-hydroxylation sites is 1. The van der Waals surface area contributed by atoms with E-state index >= 15 is 0 Å². The zero-order chi connectivity index (χ0) is 10.6. The minimum Gasteiger partial charge on any atom is -0.326 e. The minimum absolute atomic E-state index is 0.206. The molecule has 0 saturated heterocycles. The van der Waals surface area contributed by atoms with Crippen molar-refractivity contribution in [3.05, 3.63) is 29.8 Å². The first-order chi connectivity index (χ1) is 6.65. The quantitative estimate of drug-likeness (QED) is 0.441. The second-order valence-corrected chi connectivity index (χ2v) is 2.71. The Bertz CT molecular complexity index is 385. The summed E-state index contributed by atoms with van der Waals surface area (Å²) < 4.78 is 0. The maximum atomic E-state index is 11.1. The Morgan fingerprint density at radius 2 is 1.93 bits per heavy atom. The van der Waals surface area contributed by atoms with Gasteiger partial charge in [0.25, 0.3) is 0 Å². The summed E-state index contributed by atoms with van der Waals surface area (Å²) in [7, 11) is 0. The Morgan fingerprint density at radius 1 is 1.29 bits per heavy atom. The number of amides is 1. The van der Waals surface area contributed by atoms with Gasteiger partial charge in [-0.25, -0.2) is 0 Å². The lowest BCUT2D eigenvalue weighted by Crippen LogP contribution is -2.11. The Kier molecular flexibility index (Phi) is 3.12. The summed E-state index contributed by atoms with van der Waals surface area (Å²) in [5.41, 5.74) is 0.565. The van der Waals surface area contributed by atoms with E-state index < -0.39 is 5.78 Å². The lowest BCUT2D eigenvalue weighted by molar-refractivity contribution is -0.114. The van der Waals surface area contributed by atoms with Gasteiger partial charge in [0.15, 0.2) is 6.29 Å². The van der Waals surface area contributed by atoms with Gasteiger partial charge in [0, 0.05) is 12.5 Å². The Labute approximate surface area is 80.9 Å². The van der Waals surface area contributed by atoms with Crippen LogP contribution in [0.25, 0.3) is 0 Å². The lowest BCUT2D eigenvalue weighted by atomic mass is 10.1. The van der Waals surface area contributed by atoms with Gasteiger partial charge in [-0.1, -0.05) is 12.1 Å². The van der Waals surface area contributed by atoms with Crippen LogP contribution >= 0.6 is 0 Å². The number of nitrogens with one attached hydrogen (secondary N) is 1. The van der Waals surface area contributed by atoms with Crippen LogP contribution in [0.3, 0.4) is 0 Å². The van der Waals surface area contributed by atoms with E-state index in [1.807, 2.05) is 0 Å². The predicted molar refractivity (Wildman–Crippen MR) is 51.1 cm³/mol. The molecule has 1 aromatic carbocycles. The predicted octanol–water partition coefficient (Wildman–Crippen LogP) is 1.03. The molecule has 0 aromatic heterocycles. The van der Waals surface area contributed by atoms with E-state index in [2.05, 4.69) is 5.32 Å². The van der Waals surface area contributed by atoms with Gasteiger partial charge in [0.2, 0.25) is 11.7 Å². The van der Waals surface area contributed by atoms with E-state index in [1.165, 1.54) is 13.0 Å². The van der Waals surface area contributed by atoms with Crippen molar-refractivity contribution >= 4 is 23.7 Å². The molecule has 0 aliphatic rings. The smallest absolute Gasteiger partial charge is 0.227 e. The molecule has 1 aromatic rings. The second kappa shape index (κ2) is 4.32. The van der Waals surface area contributed by atoms with E-state index in [-0.39, 0.29) is 17.8 Å². The van der Waals surface area contributed by atoms with Crippen molar-refractivity contribution in [2.75, 3.05) is 5.32 Å². The van der Waals surface area contributed by atoms with Crippen molar-refractivity contribution in [2.45, 2.75) is 6.92 Å². The molecule has 0 atom stereocenters. The molecule has 0 bridgehead atoms. The molecule has 0 unspecified atom stereocenters. The molecule has 4 heteroatoms. The largest absolute Gasteiger partial charge is 0.326 e. The fraction of sp³-hybridized carbons (Fsp3) is 0.100. The molecule has 4 nitrogen and oxygen atoms in total. The van der Waals surface area contributed by atoms with E-state index in [4.69, 9.17) is 0 Å². The summed E-state index contributed by atoms with van der Waals surface area (Å²) in [4.78, 5) is 32.1. The van der Waals surface area contributed by atoms with Gasteiger partial charge in [-0.05, 0) is 12.1 Å². The third-order valence-electron chi connectivity index (χ3n) is 1.61. The number of carbonyl (C=O) groups is 3. The van der Waals surface area contributed by atoms with E-state index in [9.17, 15) is 14.4 Å². The van der Waals surface area contributed by atoms with Crippen LogP contribution in [0, 0.1) is 0 Å². The first-order valence-corrected chi connectivity index (χ1v) is 4.01. The Hall–Kier alpha value is -1.97. The van der Waals surface area contributed by atoms with Crippen molar-refractivity contribution in [3.8, 4) is 0 Å². The summed E-state index contributed by atoms with van der Waals surface area (Å²) >= 11 is 0. The molecule has 0 saturated carbocycles. The monoisotopic (exact) mass is 191 g/mol. The fourth-order valence-electron chi connectivity index (χ4n) is 1.06. The van der Waals surface area contributed by atoms with Crippen LogP contribution in [0.15, 0.2) is 24.3 Å². The highest BCUT2D eigenvalue weighted by molar-refractivity contribution is 6.35. The second-order valence-electron chi connectivity index (χ2n) is 2.71. The number of anilines is 1. The first kappa shape index (κ1) is 10.1. The zero-order valence-electron chi connectivity index (χ0n) is 7.61. The van der Waals surface area contributed by atoms with Gasteiger partial charge in [0.05, 0.1) is 5.69 Å². The highest BCUT2D eigenvalue weighted by atomic mass is 16.2. The third-order valence-corrected chi connectivity index (χ3v) is 1.61. The van der Waals surface area contributed by atoms with Crippen LogP contribution in [-0.2, 0) is 9.59 Å². The molecular formula is C10H9NO3. The molecule has 14 heavy (non-hydrogen) atoms. The van der Waals surface area contributed by atoms with Gasteiger partial charge in [-0.15, -0.1) is 0 Å². The molecule has 0 aliphatic heterocycles. The van der Waals surface area contributed by atoms with E-state index in [0.29, 0.717) is 5.69 Å². The van der Waals surface area contributed by atoms with Crippen molar-refractivity contribution < 1.29 is 14.4 Å². The highest BCUT2D eigenvalue weighted by Gasteiger charge is 2.09. The molecular weight excluding hydrogens is 182 g/mol. The number of hydrogen-bond donors (Lipinski definition) is 1. The number of benzene rings is 1. The molecule has 0 spiro atoms. The van der Waals surface area contributed by atoms with Crippen LogP contribution in [0.2, 0.25) is 0 Å². The highest BCUT2D eigenvalue weighted by Crippen LogP contribution is 2.14. The van der Waals surface area contributed by atoms with Crippen molar-refractivity contribution in [2.24, 2.45) is 0 Å². The Morgan fingerprint density at radius 3 is 2.50 bits per heavy atom. The number of rotatable bonds is 3. The summed E-state index contributed by atoms with van der Waals surface area (Å²) in [5, 5.41) is 2.47. The molecule has 1 N–H and O–H groups in total. The number of carbonyl (C=O) groups excluding carboxylic acids is 3. The van der Waals surface area contributed by atoms with Gasteiger partial charge in [-0.2, -0.15) is 0 Å². The molecule has 0 radical (unpaired) electrons. The number of Topliss-reactive ketones (excluding diaryl/α,β-unsaturated/α-hetero) is 1. The summed E-state index contributed by atoms with van der Waals surface area (Å²) in [6.07, 6.45) is 0.223. The maximum Gasteiger partial charge on any atom is 0.227 e. The molecule has 0 fully saturated rings. The molecule has 72 valence electrons. The summed E-state index contributed by atoms with van der Waals surface area (Å²) in [6.45, 7) is 1.34. The normalized spacial score (nSPS) is 9.21. The average molecular weight is 191 g/mol. The topological polar surface area (TPSA) is 63.2 Å². The van der Waals surface area contributed by atoms with E-state index in [1.54, 1.807) is 18.2 Å². The van der Waals surface area contributed by atoms with Crippen molar-refractivity contribution in [1.82, 2.24) is 0 Å². The number of ketones is 1. The summed E-state index contributed by atoms with van der Waals surface area (Å²) in [6, 6.07) is 6.36. The maximum absolute atomic E-state index is 11.1. The van der Waals surface area contributed by atoms with Crippen molar-refractivity contribution in [3.63, 3.8) is 0 Å². The summed E-state index contributed by atoms with van der Waals surface area (Å²) in [5.74, 6) is -0.925. The third kappa shape index (κ3) is 2.26. The van der Waals surface area contributed by atoms with Crippen LogP contribution < -0.4 is 5.32 Å². The standard InChI is InChI=1S/C10H9NO3/c1-7(13)11-9-5-3-2-4-8(9)10(14)6-12/h2-6H,1H3,(H,11,13). The average Bonchev–Trinajstić information content (AvgIpc) is 2.16. The van der Waals surface area contributed by atoms with Crippen LogP contribution in [0.1, 0.15) is 17.3 Å². The number of hydrogen-bond acceptors (Lipinski definition) is 3. The van der Waals surface area contributed by atoms with Crippen LogP contribution in [-0.4, -0.2) is 18.0 Å². The molecule has 0 heterocycles. The van der Waals surface area contributed by atoms with Gasteiger partial charge in [0.1, 0.15) is 0 Å². The van der Waals surface area contributed by atoms with Gasteiger partial charge >= 0.3 is 0 Å². The molecule has 1 rings (SSSR count). The molecule has 1 amide bonds. The van der Waals surface area contributed by atoms with E-state index in [0.717, 1.165) is 0 Å². The van der Waals surface area contributed by atoms with Crippen molar-refractivity contribution in [1.29, 1.82) is 0 Å². The Balaban J connectivity index is 3.08. The first-order valence-electron chi connectivity index (χ1n) is 4.01. The lowest BCUT2D eigenvalue weighted by Gasteiger charge is -2.05. The molecule has 0 aliphatic carbocycles. The fourth-order valence-corrected chi connectivity index (χ4v) is 1.06. The number of aldehydes is 1. The van der Waals surface area contributed by atoms with Crippen LogP contribution in [0.4, 0.5) is 5.69 Å². The van der Waals surface area contributed by atoms with Gasteiger partial charge < -0.3 is 5.32 Å². The zero-order valence-corrected chi connectivity index (χ0v) is 7.61. The minimum atomic E-state index is -0.644. The van der Waals surface area contributed by atoms with Gasteiger partial charge in [-0.3, -0.25) is 14.4 Å². The van der Waals surface area contributed by atoms with Crippen LogP contribution in [0.5, 0.6) is 0 Å².